The zero-order chi connectivity index (χ0) is 13.0. The smallest absolute Gasteiger partial charge is 0.263 e. The second-order valence-electron chi connectivity index (χ2n) is 6.27. The van der Waals surface area contributed by atoms with Crippen molar-refractivity contribution >= 4 is 17.2 Å². The van der Waals surface area contributed by atoms with Crippen molar-refractivity contribution in [2.45, 2.75) is 38.2 Å². The molecule has 4 heteroatoms. The number of hydrogen-bond donors (Lipinski definition) is 1. The first-order chi connectivity index (χ1) is 9.20. The number of carbonyl (C=O) groups is 1. The number of carbonyl (C=O) groups excluding carboxylic acids is 1. The number of hydrogen-bond acceptors (Lipinski definition) is 3. The second-order valence-corrected chi connectivity index (χ2v) is 7.40. The predicted molar refractivity (Wildman–Crippen MR) is 74.5 cm³/mol. The SMILES string of the molecule is O=C(c1cc2c(s1)CCC2)N1C[C@H]2CC(O)C[C@H]2C1. The van der Waals surface area contributed by atoms with E-state index in [-0.39, 0.29) is 12.0 Å². The quantitative estimate of drug-likeness (QED) is 0.854. The van der Waals surface area contributed by atoms with Crippen molar-refractivity contribution in [1.29, 1.82) is 0 Å². The standard InChI is InChI=1S/C15H19NO2S/c17-12-4-10-7-16(8-11(10)5-12)15(18)14-6-9-2-1-3-13(9)19-14/h6,10-12,17H,1-5,7-8H2/t10-,11+,12?. The number of aliphatic hydroxyl groups is 1. The lowest BCUT2D eigenvalue weighted by Gasteiger charge is -2.17. The van der Waals surface area contributed by atoms with E-state index in [1.54, 1.807) is 11.3 Å². The maximum absolute atomic E-state index is 12.5. The molecule has 0 radical (unpaired) electrons. The number of aryl methyl sites for hydroxylation is 2. The predicted octanol–water partition coefficient (Wildman–Crippen LogP) is 2.08. The van der Waals surface area contributed by atoms with Gasteiger partial charge in [0.05, 0.1) is 11.0 Å². The molecule has 3 nitrogen and oxygen atoms in total. The van der Waals surface area contributed by atoms with Gasteiger partial charge in [-0.05, 0) is 55.6 Å². The largest absolute Gasteiger partial charge is 0.393 e. The number of nitrogens with zero attached hydrogens (tertiary/aromatic N) is 1. The maximum Gasteiger partial charge on any atom is 0.263 e. The molecule has 4 rings (SSSR count). The number of rotatable bonds is 1. The van der Waals surface area contributed by atoms with Crippen molar-refractivity contribution in [3.05, 3.63) is 21.4 Å². The Morgan fingerprint density at radius 1 is 1.26 bits per heavy atom. The molecule has 2 heterocycles. The maximum atomic E-state index is 12.5. The molecule has 3 aliphatic rings. The number of amides is 1. The Morgan fingerprint density at radius 3 is 2.68 bits per heavy atom. The van der Waals surface area contributed by atoms with Gasteiger partial charge in [0.15, 0.2) is 0 Å². The minimum Gasteiger partial charge on any atom is -0.393 e. The van der Waals surface area contributed by atoms with Gasteiger partial charge in [0.1, 0.15) is 0 Å². The highest BCUT2D eigenvalue weighted by Crippen LogP contribution is 2.39. The zero-order valence-corrected chi connectivity index (χ0v) is 11.8. The van der Waals surface area contributed by atoms with Crippen LogP contribution in [0, 0.1) is 11.8 Å². The van der Waals surface area contributed by atoms with E-state index in [4.69, 9.17) is 0 Å². The molecule has 1 amide bonds. The van der Waals surface area contributed by atoms with Crippen LogP contribution in [0.3, 0.4) is 0 Å². The fourth-order valence-electron chi connectivity index (χ4n) is 4.02. The molecule has 1 saturated heterocycles. The molecule has 3 atom stereocenters. The molecule has 1 aliphatic heterocycles. The van der Waals surface area contributed by atoms with Crippen molar-refractivity contribution < 1.29 is 9.90 Å². The van der Waals surface area contributed by atoms with Crippen LogP contribution in [0.15, 0.2) is 6.07 Å². The minimum atomic E-state index is -0.127. The summed E-state index contributed by atoms with van der Waals surface area (Å²) in [5.41, 5.74) is 1.41. The molecule has 1 aromatic rings. The van der Waals surface area contributed by atoms with Crippen LogP contribution < -0.4 is 0 Å². The lowest BCUT2D eigenvalue weighted by atomic mass is 10.0. The summed E-state index contributed by atoms with van der Waals surface area (Å²) >= 11 is 1.70. The number of aliphatic hydroxyl groups excluding tert-OH is 1. The molecule has 2 fully saturated rings. The van der Waals surface area contributed by atoms with Crippen LogP contribution >= 0.6 is 11.3 Å². The van der Waals surface area contributed by atoms with E-state index in [0.29, 0.717) is 11.8 Å². The molecule has 1 unspecified atom stereocenters. The Balaban J connectivity index is 1.49. The van der Waals surface area contributed by atoms with Crippen LogP contribution in [0.2, 0.25) is 0 Å². The Bertz CT molecular complexity index is 489. The minimum absolute atomic E-state index is 0.127. The zero-order valence-electron chi connectivity index (χ0n) is 11.0. The highest BCUT2D eigenvalue weighted by molar-refractivity contribution is 7.14. The van der Waals surface area contributed by atoms with E-state index in [9.17, 15) is 9.90 Å². The average molecular weight is 277 g/mol. The topological polar surface area (TPSA) is 40.5 Å². The van der Waals surface area contributed by atoms with E-state index < -0.39 is 0 Å². The summed E-state index contributed by atoms with van der Waals surface area (Å²) < 4.78 is 0. The van der Waals surface area contributed by atoms with Crippen molar-refractivity contribution in [3.8, 4) is 0 Å². The van der Waals surface area contributed by atoms with Crippen molar-refractivity contribution in [3.63, 3.8) is 0 Å². The number of thiophene rings is 1. The van der Waals surface area contributed by atoms with E-state index >= 15 is 0 Å². The summed E-state index contributed by atoms with van der Waals surface area (Å²) in [5, 5.41) is 9.65. The van der Waals surface area contributed by atoms with E-state index in [2.05, 4.69) is 6.07 Å². The van der Waals surface area contributed by atoms with Crippen molar-refractivity contribution in [2.24, 2.45) is 11.8 Å². The Hall–Kier alpha value is -0.870. The fourth-order valence-corrected chi connectivity index (χ4v) is 5.25. The molecule has 2 aliphatic carbocycles. The van der Waals surface area contributed by atoms with Gasteiger partial charge < -0.3 is 10.0 Å². The third-order valence-corrected chi connectivity index (χ3v) is 6.20. The summed E-state index contributed by atoms with van der Waals surface area (Å²) in [5.74, 6) is 1.29. The molecule has 0 bridgehead atoms. The van der Waals surface area contributed by atoms with Crippen LogP contribution in [0.5, 0.6) is 0 Å². The first-order valence-electron chi connectivity index (χ1n) is 7.29. The first kappa shape index (κ1) is 11.9. The number of likely N-dealkylation sites (tertiary alicyclic amines) is 1. The van der Waals surface area contributed by atoms with E-state index in [1.165, 1.54) is 16.9 Å². The average Bonchev–Trinajstić information content (AvgIpc) is 3.03. The number of fused-ring (bicyclic) bond motifs is 2. The van der Waals surface area contributed by atoms with Gasteiger partial charge in [0.2, 0.25) is 0 Å². The monoisotopic (exact) mass is 277 g/mol. The molecule has 1 N–H and O–H groups in total. The van der Waals surface area contributed by atoms with Crippen LogP contribution in [0.4, 0.5) is 0 Å². The molecule has 0 spiro atoms. The molecular formula is C15H19NO2S. The van der Waals surface area contributed by atoms with E-state index in [0.717, 1.165) is 43.6 Å². The van der Waals surface area contributed by atoms with Crippen molar-refractivity contribution in [1.82, 2.24) is 4.90 Å². The van der Waals surface area contributed by atoms with Gasteiger partial charge in [-0.25, -0.2) is 0 Å². The normalized spacial score (nSPS) is 32.7. The van der Waals surface area contributed by atoms with Gasteiger partial charge in [-0.2, -0.15) is 0 Å². The molecule has 0 aromatic carbocycles. The Morgan fingerprint density at radius 2 is 2.00 bits per heavy atom. The molecule has 102 valence electrons. The third kappa shape index (κ3) is 1.93. The highest BCUT2D eigenvalue weighted by Gasteiger charge is 2.42. The van der Waals surface area contributed by atoms with Crippen LogP contribution in [-0.2, 0) is 12.8 Å². The summed E-state index contributed by atoms with van der Waals surface area (Å²) in [6.45, 7) is 1.70. The molecule has 1 saturated carbocycles. The Kier molecular flexibility index (Phi) is 2.71. The first-order valence-corrected chi connectivity index (χ1v) is 8.11. The van der Waals surface area contributed by atoms with E-state index in [1.807, 2.05) is 4.90 Å². The van der Waals surface area contributed by atoms with Crippen molar-refractivity contribution in [2.75, 3.05) is 13.1 Å². The molecular weight excluding hydrogens is 258 g/mol. The molecule has 19 heavy (non-hydrogen) atoms. The fraction of sp³-hybridized carbons (Fsp3) is 0.667. The lowest BCUT2D eigenvalue weighted by molar-refractivity contribution is 0.0770. The van der Waals surface area contributed by atoms with Gasteiger partial charge in [0.25, 0.3) is 5.91 Å². The summed E-state index contributed by atoms with van der Waals surface area (Å²) in [4.78, 5) is 16.9. The van der Waals surface area contributed by atoms with Gasteiger partial charge in [0, 0.05) is 18.0 Å². The summed E-state index contributed by atoms with van der Waals surface area (Å²) in [6, 6.07) is 2.12. The van der Waals surface area contributed by atoms with Gasteiger partial charge in [-0.3, -0.25) is 4.79 Å². The van der Waals surface area contributed by atoms with Crippen LogP contribution in [-0.4, -0.2) is 35.1 Å². The summed E-state index contributed by atoms with van der Waals surface area (Å²) in [6.07, 6.45) is 5.20. The summed E-state index contributed by atoms with van der Waals surface area (Å²) in [7, 11) is 0. The Labute approximate surface area is 117 Å². The van der Waals surface area contributed by atoms with Crippen LogP contribution in [0.1, 0.15) is 39.4 Å². The highest BCUT2D eigenvalue weighted by atomic mass is 32.1. The lowest BCUT2D eigenvalue weighted by Crippen LogP contribution is -2.29. The van der Waals surface area contributed by atoms with Gasteiger partial charge >= 0.3 is 0 Å². The van der Waals surface area contributed by atoms with Gasteiger partial charge in [-0.15, -0.1) is 11.3 Å². The van der Waals surface area contributed by atoms with Gasteiger partial charge in [-0.1, -0.05) is 0 Å². The van der Waals surface area contributed by atoms with Crippen LogP contribution in [0.25, 0.3) is 0 Å². The second kappa shape index (κ2) is 4.32. The third-order valence-electron chi connectivity index (χ3n) is 4.97. The molecule has 1 aromatic heterocycles.